The Kier molecular flexibility index (Phi) is 7.76. The third-order valence-corrected chi connectivity index (χ3v) is 9.66. The number of rotatable bonds is 9. The maximum atomic E-state index is 13.2. The average molecular weight is 577 g/mol. The number of aliphatic carboxylic acids is 1. The first-order chi connectivity index (χ1) is 19.0. The highest BCUT2D eigenvalue weighted by Crippen LogP contribution is 2.51. The zero-order valence-corrected chi connectivity index (χ0v) is 23.8. The van der Waals surface area contributed by atoms with Gasteiger partial charge >= 0.3 is 5.97 Å². The molecule has 218 valence electrons. The van der Waals surface area contributed by atoms with Crippen molar-refractivity contribution in [3.8, 4) is 0 Å². The van der Waals surface area contributed by atoms with Crippen molar-refractivity contribution in [1.82, 2.24) is 40.6 Å². The van der Waals surface area contributed by atoms with Crippen molar-refractivity contribution in [3.05, 3.63) is 10.6 Å². The van der Waals surface area contributed by atoms with Gasteiger partial charge in [-0.2, -0.15) is 0 Å². The number of nitrogens with zero attached hydrogens (tertiary/aromatic N) is 7. The van der Waals surface area contributed by atoms with Gasteiger partial charge in [0.05, 0.1) is 18.0 Å². The highest BCUT2D eigenvalue weighted by molar-refractivity contribution is 8.03. The Bertz CT molecular complexity index is 1240. The van der Waals surface area contributed by atoms with Gasteiger partial charge in [0.25, 0.3) is 0 Å². The Hall–Kier alpha value is -3.24. The molecule has 0 bridgehead atoms. The number of carboxylic acid groups (broad SMARTS) is 1. The van der Waals surface area contributed by atoms with Crippen molar-refractivity contribution < 1.29 is 24.3 Å². The number of hydrogen-bond donors (Lipinski definition) is 4. The fourth-order valence-corrected chi connectivity index (χ4v) is 7.69. The van der Waals surface area contributed by atoms with E-state index in [4.69, 9.17) is 5.73 Å². The first-order valence-corrected chi connectivity index (χ1v) is 14.3. The summed E-state index contributed by atoms with van der Waals surface area (Å²) in [6.45, 7) is 5.33. The maximum Gasteiger partial charge on any atom is 0.353 e. The van der Waals surface area contributed by atoms with Crippen LogP contribution in [0.25, 0.3) is 0 Å². The predicted octanol–water partition coefficient (Wildman–Crippen LogP) is -1.96. The van der Waals surface area contributed by atoms with Crippen LogP contribution in [-0.4, -0.2) is 122 Å². The summed E-state index contributed by atoms with van der Waals surface area (Å²) in [5, 5.41) is 27.5. The molecule has 5 heterocycles. The van der Waals surface area contributed by atoms with E-state index in [0.717, 1.165) is 6.42 Å². The zero-order chi connectivity index (χ0) is 28.9. The molecule has 1 aromatic heterocycles. The van der Waals surface area contributed by atoms with Gasteiger partial charge in [-0.15, -0.1) is 11.8 Å². The van der Waals surface area contributed by atoms with Crippen LogP contribution in [0.15, 0.2) is 10.6 Å². The minimum atomic E-state index is -1.15. The van der Waals surface area contributed by atoms with Crippen molar-refractivity contribution in [2.24, 2.45) is 17.6 Å². The molecule has 3 amide bonds. The normalized spacial score (nSPS) is 30.4. The Morgan fingerprint density at radius 2 is 2.08 bits per heavy atom. The van der Waals surface area contributed by atoms with E-state index >= 15 is 0 Å². The fourth-order valence-electron chi connectivity index (χ4n) is 6.21. The molecule has 3 fully saturated rings. The number of carbonyl (C=O) groups excluding carboxylic acids is 3. The summed E-state index contributed by atoms with van der Waals surface area (Å²) in [5.41, 5.74) is 5.97. The predicted molar refractivity (Wildman–Crippen MR) is 145 cm³/mol. The molecule has 4 aliphatic heterocycles. The number of amides is 3. The molecule has 4 aliphatic rings. The Morgan fingerprint density at radius 3 is 2.73 bits per heavy atom. The van der Waals surface area contributed by atoms with Crippen molar-refractivity contribution in [1.29, 1.82) is 0 Å². The molecular formula is C24H36N10O5S. The van der Waals surface area contributed by atoms with Crippen LogP contribution in [0.2, 0.25) is 0 Å². The zero-order valence-electron chi connectivity index (χ0n) is 23.0. The number of aromatic nitrogens is 4. The number of hydrogen-bond acceptors (Lipinski definition) is 11. The fraction of sp³-hybridized carbons (Fsp3) is 0.708. The SMILES string of the molecule is C[C@@H](NC(=O)Cn1nnnc1N(C)C)[C@H]1C(=O)N2C(C(=O)O)=C(S[C@@H]3CN[C@H](C(=O)N4CCC(N)C4)C3)[C@H](C)[C@H]12. The van der Waals surface area contributed by atoms with Crippen LogP contribution in [0.1, 0.15) is 26.7 Å². The molecule has 0 saturated carbocycles. The summed E-state index contributed by atoms with van der Waals surface area (Å²) in [7, 11) is 3.52. The molecule has 7 atom stereocenters. The van der Waals surface area contributed by atoms with Gasteiger partial charge in [-0.05, 0) is 30.2 Å². The van der Waals surface area contributed by atoms with Gasteiger partial charge in [-0.1, -0.05) is 12.0 Å². The lowest BCUT2D eigenvalue weighted by Crippen LogP contribution is -2.66. The quantitative estimate of drug-likeness (QED) is 0.238. The van der Waals surface area contributed by atoms with Crippen molar-refractivity contribution >= 4 is 41.4 Å². The van der Waals surface area contributed by atoms with Gasteiger partial charge in [0.15, 0.2) is 0 Å². The standard InChI is InChI=1S/C24H36N10O5S/c1-11-18-17(12(2)27-16(35)10-33-24(31(3)4)28-29-30-33)22(37)34(18)19(23(38)39)20(11)40-14-7-15(26-8-14)21(36)32-6-5-13(25)9-32/h11-15,17-18,26H,5-10,25H2,1-4H3,(H,27,35)(H,38,39)/t11-,12-,13?,14+,15+,17-,18-/m1/s1. The Balaban J connectivity index is 1.23. The molecular weight excluding hydrogens is 540 g/mol. The highest BCUT2D eigenvalue weighted by atomic mass is 32.2. The second kappa shape index (κ2) is 11.0. The molecule has 40 heavy (non-hydrogen) atoms. The van der Waals surface area contributed by atoms with Crippen LogP contribution in [0, 0.1) is 11.8 Å². The number of nitrogens with one attached hydrogen (secondary N) is 2. The van der Waals surface area contributed by atoms with Crippen molar-refractivity contribution in [2.75, 3.05) is 38.6 Å². The van der Waals surface area contributed by atoms with E-state index in [0.29, 0.717) is 36.9 Å². The van der Waals surface area contributed by atoms with Crippen molar-refractivity contribution in [3.63, 3.8) is 0 Å². The summed E-state index contributed by atoms with van der Waals surface area (Å²) in [6, 6.07) is -1.22. The van der Waals surface area contributed by atoms with Gasteiger partial charge in [0.1, 0.15) is 12.2 Å². The molecule has 0 radical (unpaired) electrons. The summed E-state index contributed by atoms with van der Waals surface area (Å²) >= 11 is 1.44. The number of fused-ring (bicyclic) bond motifs is 1. The van der Waals surface area contributed by atoms with E-state index in [1.807, 2.05) is 6.92 Å². The molecule has 0 spiro atoms. The summed E-state index contributed by atoms with van der Waals surface area (Å²) in [6.07, 6.45) is 1.36. The molecule has 3 saturated heterocycles. The van der Waals surface area contributed by atoms with Crippen LogP contribution >= 0.6 is 11.8 Å². The van der Waals surface area contributed by atoms with Crippen LogP contribution in [0.4, 0.5) is 5.95 Å². The van der Waals surface area contributed by atoms with E-state index < -0.39 is 17.9 Å². The first kappa shape index (κ1) is 28.3. The number of carboxylic acids is 1. The maximum absolute atomic E-state index is 13.2. The lowest BCUT2D eigenvalue weighted by atomic mass is 9.78. The second-order valence-electron chi connectivity index (χ2n) is 11.2. The number of thioether (sulfide) groups is 1. The number of β-lactam (4-membered cyclic amide) rings is 1. The number of likely N-dealkylation sites (tertiary alicyclic amines) is 1. The molecule has 5 rings (SSSR count). The van der Waals surface area contributed by atoms with Crippen LogP contribution in [0.5, 0.6) is 0 Å². The molecule has 1 unspecified atom stereocenters. The number of nitrogens with two attached hydrogens (primary N) is 1. The van der Waals surface area contributed by atoms with E-state index in [9.17, 15) is 24.3 Å². The third-order valence-electron chi connectivity index (χ3n) is 8.14. The van der Waals surface area contributed by atoms with Crippen LogP contribution in [0.3, 0.4) is 0 Å². The lowest BCUT2D eigenvalue weighted by molar-refractivity contribution is -0.158. The minimum Gasteiger partial charge on any atom is -0.477 e. The second-order valence-corrected chi connectivity index (χ2v) is 12.5. The van der Waals surface area contributed by atoms with E-state index in [2.05, 4.69) is 26.2 Å². The minimum absolute atomic E-state index is 0.00637. The molecule has 1 aromatic rings. The Labute approximate surface area is 235 Å². The molecule has 0 aliphatic carbocycles. The Morgan fingerprint density at radius 1 is 1.32 bits per heavy atom. The number of carbonyl (C=O) groups is 4. The van der Waals surface area contributed by atoms with E-state index in [1.54, 1.807) is 30.8 Å². The van der Waals surface area contributed by atoms with Gasteiger partial charge < -0.3 is 36.2 Å². The lowest BCUT2D eigenvalue weighted by Gasteiger charge is -2.47. The summed E-state index contributed by atoms with van der Waals surface area (Å²) < 4.78 is 1.36. The summed E-state index contributed by atoms with van der Waals surface area (Å²) in [5.74, 6) is -2.17. The monoisotopic (exact) mass is 576 g/mol. The first-order valence-electron chi connectivity index (χ1n) is 13.5. The van der Waals surface area contributed by atoms with Crippen LogP contribution < -0.4 is 21.3 Å². The van der Waals surface area contributed by atoms with Crippen LogP contribution in [-0.2, 0) is 25.7 Å². The van der Waals surface area contributed by atoms with Gasteiger partial charge in [0.2, 0.25) is 23.7 Å². The van der Waals surface area contributed by atoms with E-state index in [-0.39, 0.29) is 59.3 Å². The number of tetrazole rings is 1. The van der Waals surface area contributed by atoms with Gasteiger partial charge in [-0.25, -0.2) is 9.48 Å². The number of anilines is 1. The van der Waals surface area contributed by atoms with Crippen molar-refractivity contribution in [2.45, 2.75) is 62.7 Å². The molecule has 5 N–H and O–H groups in total. The topological polar surface area (TPSA) is 192 Å². The molecule has 16 heteroatoms. The molecule has 0 aromatic carbocycles. The largest absolute Gasteiger partial charge is 0.477 e. The smallest absolute Gasteiger partial charge is 0.353 e. The van der Waals surface area contributed by atoms with E-state index in [1.165, 1.54) is 21.3 Å². The average Bonchev–Trinajstić information content (AvgIpc) is 3.67. The summed E-state index contributed by atoms with van der Waals surface area (Å²) in [4.78, 5) is 56.7. The third kappa shape index (κ3) is 5.03. The molecule has 15 nitrogen and oxygen atoms in total. The van der Waals surface area contributed by atoms with Gasteiger partial charge in [0, 0.05) is 61.9 Å². The van der Waals surface area contributed by atoms with Gasteiger partial charge in [-0.3, -0.25) is 14.4 Å². The highest BCUT2D eigenvalue weighted by Gasteiger charge is 2.60.